The average Bonchev–Trinajstić information content (AvgIpc) is 2.60. The van der Waals surface area contributed by atoms with Crippen LogP contribution >= 0.6 is 12.4 Å². The Balaban J connectivity index is 0.00000312. The Bertz CT molecular complexity index is 569. The molecule has 0 radical (unpaired) electrons. The summed E-state index contributed by atoms with van der Waals surface area (Å²) in [7, 11) is 4.87. The quantitative estimate of drug-likeness (QED) is 0.767. The normalized spacial score (nSPS) is 15.8. The van der Waals surface area contributed by atoms with Gasteiger partial charge in [-0.25, -0.2) is 0 Å². The first-order valence-electron chi connectivity index (χ1n) is 8.26. The molecule has 6 nitrogen and oxygen atoms in total. The van der Waals surface area contributed by atoms with Crippen LogP contribution in [0.4, 0.5) is 0 Å². The monoisotopic (exact) mass is 372 g/mol. The molecule has 2 N–H and O–H groups in total. The Hall–Kier alpha value is -1.50. The van der Waals surface area contributed by atoms with E-state index < -0.39 is 0 Å². The van der Waals surface area contributed by atoms with Gasteiger partial charge in [0.2, 0.25) is 0 Å². The number of aryl methyl sites for hydroxylation is 1. The van der Waals surface area contributed by atoms with Crippen LogP contribution in [0, 0.1) is 12.3 Å². The summed E-state index contributed by atoms with van der Waals surface area (Å²) in [6, 6.07) is 3.55. The van der Waals surface area contributed by atoms with Crippen LogP contribution < -0.4 is 20.1 Å². The molecule has 1 aliphatic heterocycles. The van der Waals surface area contributed by atoms with E-state index in [1.165, 1.54) is 0 Å². The number of amides is 1. The molecular formula is C18H29ClN2O4. The molecule has 0 unspecified atom stereocenters. The Morgan fingerprint density at radius 3 is 2.32 bits per heavy atom. The van der Waals surface area contributed by atoms with Gasteiger partial charge in [-0.3, -0.25) is 4.79 Å². The second-order valence-electron chi connectivity index (χ2n) is 6.39. The maximum Gasteiger partial charge on any atom is 0.251 e. The first kappa shape index (κ1) is 21.5. The largest absolute Gasteiger partial charge is 0.493 e. The summed E-state index contributed by atoms with van der Waals surface area (Å²) in [6.45, 7) is 5.06. The van der Waals surface area contributed by atoms with E-state index in [-0.39, 0.29) is 23.7 Å². The summed E-state index contributed by atoms with van der Waals surface area (Å²) >= 11 is 0. The standard InChI is InChI=1S/C18H28N2O4.ClH/c1-13-9-15(23-3)16(24-4)10-14(13)17(21)20-11-18(12-22-2)5-7-19-8-6-18;/h9-10,19H,5-8,11-12H2,1-4H3,(H,20,21);1H. The lowest BCUT2D eigenvalue weighted by Crippen LogP contribution is -2.47. The summed E-state index contributed by atoms with van der Waals surface area (Å²) in [4.78, 5) is 12.7. The molecule has 1 saturated heterocycles. The lowest BCUT2D eigenvalue weighted by atomic mass is 9.79. The summed E-state index contributed by atoms with van der Waals surface area (Å²) < 4.78 is 16.0. The molecule has 1 aromatic carbocycles. The van der Waals surface area contributed by atoms with Gasteiger partial charge in [-0.1, -0.05) is 0 Å². The van der Waals surface area contributed by atoms with E-state index in [0.29, 0.717) is 30.2 Å². The first-order chi connectivity index (χ1) is 11.5. The van der Waals surface area contributed by atoms with Crippen LogP contribution in [0.15, 0.2) is 12.1 Å². The Morgan fingerprint density at radius 2 is 1.76 bits per heavy atom. The van der Waals surface area contributed by atoms with Crippen molar-refractivity contribution in [2.45, 2.75) is 19.8 Å². The number of rotatable bonds is 7. The van der Waals surface area contributed by atoms with Gasteiger partial charge in [-0.15, -0.1) is 12.4 Å². The van der Waals surface area contributed by atoms with Crippen LogP contribution in [0.2, 0.25) is 0 Å². The highest BCUT2D eigenvalue weighted by Crippen LogP contribution is 2.31. The van der Waals surface area contributed by atoms with Crippen molar-refractivity contribution in [1.82, 2.24) is 10.6 Å². The van der Waals surface area contributed by atoms with E-state index in [1.54, 1.807) is 27.4 Å². The van der Waals surface area contributed by atoms with Gasteiger partial charge >= 0.3 is 0 Å². The Labute approximate surface area is 156 Å². The summed E-state index contributed by atoms with van der Waals surface area (Å²) in [6.07, 6.45) is 1.98. The van der Waals surface area contributed by atoms with Gasteiger partial charge in [0.15, 0.2) is 11.5 Å². The molecule has 1 aliphatic rings. The summed E-state index contributed by atoms with van der Waals surface area (Å²) in [5.74, 6) is 1.09. The number of carbonyl (C=O) groups excluding carboxylic acids is 1. The van der Waals surface area contributed by atoms with Crippen molar-refractivity contribution in [2.24, 2.45) is 5.41 Å². The summed E-state index contributed by atoms with van der Waals surface area (Å²) in [5.41, 5.74) is 1.46. The molecular weight excluding hydrogens is 344 g/mol. The average molecular weight is 373 g/mol. The second kappa shape index (κ2) is 9.85. The summed E-state index contributed by atoms with van der Waals surface area (Å²) in [5, 5.41) is 6.44. The predicted octanol–water partition coefficient (Wildman–Crippen LogP) is 2.18. The van der Waals surface area contributed by atoms with Crippen molar-refractivity contribution >= 4 is 18.3 Å². The molecule has 7 heteroatoms. The number of methoxy groups -OCH3 is 3. The maximum atomic E-state index is 12.7. The smallest absolute Gasteiger partial charge is 0.251 e. The van der Waals surface area contributed by atoms with Gasteiger partial charge < -0.3 is 24.8 Å². The predicted molar refractivity (Wildman–Crippen MR) is 100 cm³/mol. The van der Waals surface area contributed by atoms with Crippen molar-refractivity contribution in [3.05, 3.63) is 23.3 Å². The van der Waals surface area contributed by atoms with Crippen LogP contribution in [-0.2, 0) is 4.74 Å². The number of halogens is 1. The zero-order valence-electron chi connectivity index (χ0n) is 15.4. The van der Waals surface area contributed by atoms with E-state index in [9.17, 15) is 4.79 Å². The van der Waals surface area contributed by atoms with Gasteiger partial charge in [0.1, 0.15) is 0 Å². The fraction of sp³-hybridized carbons (Fsp3) is 0.611. The van der Waals surface area contributed by atoms with Gasteiger partial charge in [0, 0.05) is 24.6 Å². The maximum absolute atomic E-state index is 12.7. The van der Waals surface area contributed by atoms with Gasteiger partial charge in [-0.05, 0) is 50.6 Å². The Morgan fingerprint density at radius 1 is 1.16 bits per heavy atom. The minimum absolute atomic E-state index is 0. The van der Waals surface area contributed by atoms with Crippen LogP contribution in [-0.4, -0.2) is 53.5 Å². The lowest BCUT2D eigenvalue weighted by Gasteiger charge is -2.37. The number of nitrogens with one attached hydrogen (secondary N) is 2. The Kier molecular flexibility index (Phi) is 8.48. The molecule has 25 heavy (non-hydrogen) atoms. The number of benzene rings is 1. The molecule has 0 aliphatic carbocycles. The number of hydrogen-bond donors (Lipinski definition) is 2. The fourth-order valence-corrected chi connectivity index (χ4v) is 3.22. The third-order valence-corrected chi connectivity index (χ3v) is 4.71. The minimum Gasteiger partial charge on any atom is -0.493 e. The minimum atomic E-state index is -0.0949. The molecule has 0 atom stereocenters. The zero-order chi connectivity index (χ0) is 17.6. The number of hydrogen-bond acceptors (Lipinski definition) is 5. The molecule has 0 spiro atoms. The highest BCUT2D eigenvalue weighted by molar-refractivity contribution is 5.96. The van der Waals surface area contributed by atoms with Crippen molar-refractivity contribution in [3.63, 3.8) is 0 Å². The van der Waals surface area contributed by atoms with E-state index >= 15 is 0 Å². The van der Waals surface area contributed by atoms with Crippen LogP contribution in [0.25, 0.3) is 0 Å². The molecule has 2 rings (SSSR count). The fourth-order valence-electron chi connectivity index (χ4n) is 3.22. The van der Waals surface area contributed by atoms with Crippen molar-refractivity contribution in [2.75, 3.05) is 47.6 Å². The molecule has 0 bridgehead atoms. The van der Waals surface area contributed by atoms with E-state index in [1.807, 2.05) is 13.0 Å². The highest BCUT2D eigenvalue weighted by atomic mass is 35.5. The third kappa shape index (κ3) is 5.23. The zero-order valence-corrected chi connectivity index (χ0v) is 16.3. The molecule has 1 heterocycles. The third-order valence-electron chi connectivity index (χ3n) is 4.71. The molecule has 142 valence electrons. The lowest BCUT2D eigenvalue weighted by molar-refractivity contribution is 0.0511. The molecule has 0 aromatic heterocycles. The van der Waals surface area contributed by atoms with Gasteiger partial charge in [-0.2, -0.15) is 0 Å². The first-order valence-corrected chi connectivity index (χ1v) is 8.26. The van der Waals surface area contributed by atoms with Crippen LogP contribution in [0.3, 0.4) is 0 Å². The molecule has 1 fully saturated rings. The van der Waals surface area contributed by atoms with Crippen molar-refractivity contribution in [1.29, 1.82) is 0 Å². The van der Waals surface area contributed by atoms with E-state index in [2.05, 4.69) is 10.6 Å². The van der Waals surface area contributed by atoms with Gasteiger partial charge in [0.25, 0.3) is 5.91 Å². The SMILES string of the molecule is COCC1(CNC(=O)c2cc(OC)c(OC)cc2C)CCNCC1.Cl. The topological polar surface area (TPSA) is 68.8 Å². The number of carbonyl (C=O) groups is 1. The van der Waals surface area contributed by atoms with Crippen LogP contribution in [0.5, 0.6) is 11.5 Å². The van der Waals surface area contributed by atoms with Crippen molar-refractivity contribution in [3.8, 4) is 11.5 Å². The molecule has 1 aromatic rings. The van der Waals surface area contributed by atoms with E-state index in [0.717, 1.165) is 31.5 Å². The molecule has 1 amide bonds. The molecule has 0 saturated carbocycles. The van der Waals surface area contributed by atoms with E-state index in [4.69, 9.17) is 14.2 Å². The van der Waals surface area contributed by atoms with Gasteiger partial charge in [0.05, 0.1) is 20.8 Å². The van der Waals surface area contributed by atoms with Crippen LogP contribution in [0.1, 0.15) is 28.8 Å². The number of ether oxygens (including phenoxy) is 3. The van der Waals surface area contributed by atoms with Crippen molar-refractivity contribution < 1.29 is 19.0 Å². The second-order valence-corrected chi connectivity index (χ2v) is 6.39. The highest BCUT2D eigenvalue weighted by Gasteiger charge is 2.32. The number of piperidine rings is 1.